The summed E-state index contributed by atoms with van der Waals surface area (Å²) in [6.07, 6.45) is 2.11. The van der Waals surface area contributed by atoms with Gasteiger partial charge in [-0.25, -0.2) is 4.79 Å². The Hall–Kier alpha value is -2.28. The Balaban J connectivity index is 1.98. The van der Waals surface area contributed by atoms with Crippen LogP contribution in [0.15, 0.2) is 18.2 Å². The molecule has 1 aliphatic heterocycles. The minimum Gasteiger partial charge on any atom is -0.490 e. The standard InChI is InChI=1S/C18H25NO6/c1-3-23-16-9-14(4-5-15(16)25-11-17(20)21)18(22)19-10-13-6-7-24-12(2)8-13/h4-5,9,12-13H,3,6-8,10-11H2,1-2H3,(H,19,22)(H,20,21). The van der Waals surface area contributed by atoms with Crippen molar-refractivity contribution in [2.45, 2.75) is 32.8 Å². The van der Waals surface area contributed by atoms with Gasteiger partial charge in [0.25, 0.3) is 5.91 Å². The monoisotopic (exact) mass is 351 g/mol. The van der Waals surface area contributed by atoms with Crippen molar-refractivity contribution in [2.24, 2.45) is 5.92 Å². The minimum atomic E-state index is -1.07. The Bertz CT molecular complexity index is 603. The van der Waals surface area contributed by atoms with Crippen LogP contribution in [0.1, 0.15) is 37.0 Å². The largest absolute Gasteiger partial charge is 0.490 e. The second-order valence-electron chi connectivity index (χ2n) is 6.06. The Morgan fingerprint density at radius 1 is 1.32 bits per heavy atom. The van der Waals surface area contributed by atoms with Crippen molar-refractivity contribution in [1.29, 1.82) is 0 Å². The average molecular weight is 351 g/mol. The van der Waals surface area contributed by atoms with Crippen molar-refractivity contribution in [3.8, 4) is 11.5 Å². The van der Waals surface area contributed by atoms with E-state index in [0.717, 1.165) is 19.4 Å². The smallest absolute Gasteiger partial charge is 0.341 e. The van der Waals surface area contributed by atoms with Gasteiger partial charge in [-0.1, -0.05) is 0 Å². The van der Waals surface area contributed by atoms with Gasteiger partial charge in [-0.15, -0.1) is 0 Å². The molecule has 138 valence electrons. The lowest BCUT2D eigenvalue weighted by Gasteiger charge is -2.27. The molecule has 2 atom stereocenters. The van der Waals surface area contributed by atoms with Crippen molar-refractivity contribution in [1.82, 2.24) is 5.32 Å². The molecule has 1 heterocycles. The van der Waals surface area contributed by atoms with E-state index in [0.29, 0.717) is 36.1 Å². The molecule has 0 bridgehead atoms. The fourth-order valence-electron chi connectivity index (χ4n) is 2.79. The molecule has 1 aromatic carbocycles. The molecule has 1 saturated heterocycles. The molecule has 7 heteroatoms. The van der Waals surface area contributed by atoms with Crippen LogP contribution in [0.25, 0.3) is 0 Å². The molecule has 0 radical (unpaired) electrons. The number of carbonyl (C=O) groups is 2. The highest BCUT2D eigenvalue weighted by Crippen LogP contribution is 2.28. The van der Waals surface area contributed by atoms with E-state index in [2.05, 4.69) is 5.32 Å². The third kappa shape index (κ3) is 5.94. The zero-order valence-corrected chi connectivity index (χ0v) is 14.6. The summed E-state index contributed by atoms with van der Waals surface area (Å²) in [7, 11) is 0. The maximum absolute atomic E-state index is 12.4. The molecule has 1 amide bonds. The molecule has 0 spiro atoms. The van der Waals surface area contributed by atoms with Crippen LogP contribution in [0, 0.1) is 5.92 Å². The highest BCUT2D eigenvalue weighted by atomic mass is 16.5. The van der Waals surface area contributed by atoms with Crippen molar-refractivity contribution in [3.63, 3.8) is 0 Å². The van der Waals surface area contributed by atoms with Crippen LogP contribution < -0.4 is 14.8 Å². The molecule has 0 aromatic heterocycles. The van der Waals surface area contributed by atoms with Crippen molar-refractivity contribution >= 4 is 11.9 Å². The van der Waals surface area contributed by atoms with Crippen molar-refractivity contribution < 1.29 is 28.9 Å². The van der Waals surface area contributed by atoms with E-state index in [1.165, 1.54) is 0 Å². The summed E-state index contributed by atoms with van der Waals surface area (Å²) < 4.78 is 16.1. The zero-order chi connectivity index (χ0) is 18.2. The summed E-state index contributed by atoms with van der Waals surface area (Å²) in [5.74, 6) is -0.188. The van der Waals surface area contributed by atoms with Gasteiger partial charge in [0.05, 0.1) is 12.7 Å². The van der Waals surface area contributed by atoms with Gasteiger partial charge in [0.2, 0.25) is 0 Å². The van der Waals surface area contributed by atoms with Gasteiger partial charge in [-0.2, -0.15) is 0 Å². The number of amides is 1. The number of ether oxygens (including phenoxy) is 3. The topological polar surface area (TPSA) is 94.1 Å². The lowest BCUT2D eigenvalue weighted by atomic mass is 9.96. The molecule has 1 fully saturated rings. The quantitative estimate of drug-likeness (QED) is 0.745. The third-order valence-corrected chi connectivity index (χ3v) is 4.00. The van der Waals surface area contributed by atoms with Crippen LogP contribution in [0.3, 0.4) is 0 Å². The summed E-state index contributed by atoms with van der Waals surface area (Å²) >= 11 is 0. The van der Waals surface area contributed by atoms with Gasteiger partial charge in [-0.3, -0.25) is 4.79 Å². The molecule has 2 unspecified atom stereocenters. The molecule has 0 aliphatic carbocycles. The number of aliphatic carboxylic acids is 1. The number of hydrogen-bond acceptors (Lipinski definition) is 5. The number of benzene rings is 1. The van der Waals surface area contributed by atoms with E-state index in [1.54, 1.807) is 25.1 Å². The van der Waals surface area contributed by atoms with Gasteiger partial charge in [0.1, 0.15) is 0 Å². The molecule has 25 heavy (non-hydrogen) atoms. The lowest BCUT2D eigenvalue weighted by Crippen LogP contribution is -2.34. The molecule has 1 aliphatic rings. The Morgan fingerprint density at radius 2 is 2.12 bits per heavy atom. The molecule has 2 N–H and O–H groups in total. The number of carboxylic acids is 1. The Kier molecular flexibility index (Phi) is 7.06. The van der Waals surface area contributed by atoms with Gasteiger partial charge in [-0.05, 0) is 50.8 Å². The zero-order valence-electron chi connectivity index (χ0n) is 14.6. The molecular weight excluding hydrogens is 326 g/mol. The van der Waals surface area contributed by atoms with Crippen LogP contribution in [-0.4, -0.2) is 49.5 Å². The number of carbonyl (C=O) groups excluding carboxylic acids is 1. The first kappa shape index (κ1) is 19.1. The summed E-state index contributed by atoms with van der Waals surface area (Å²) in [5.41, 5.74) is 0.450. The van der Waals surface area contributed by atoms with Gasteiger partial charge in [0.15, 0.2) is 18.1 Å². The van der Waals surface area contributed by atoms with Crippen molar-refractivity contribution in [3.05, 3.63) is 23.8 Å². The number of nitrogens with one attached hydrogen (secondary N) is 1. The second-order valence-corrected chi connectivity index (χ2v) is 6.06. The van der Waals surface area contributed by atoms with Gasteiger partial charge in [0, 0.05) is 18.7 Å². The van der Waals surface area contributed by atoms with E-state index in [9.17, 15) is 9.59 Å². The van der Waals surface area contributed by atoms with E-state index in [-0.39, 0.29) is 12.0 Å². The highest BCUT2D eigenvalue weighted by Gasteiger charge is 2.20. The molecule has 1 aromatic rings. The van der Waals surface area contributed by atoms with Gasteiger partial charge >= 0.3 is 5.97 Å². The van der Waals surface area contributed by atoms with Crippen molar-refractivity contribution in [2.75, 3.05) is 26.4 Å². The summed E-state index contributed by atoms with van der Waals surface area (Å²) in [6.45, 7) is 5.10. The van der Waals surface area contributed by atoms with E-state index >= 15 is 0 Å². The number of hydrogen-bond donors (Lipinski definition) is 2. The Labute approximate surface area is 147 Å². The first-order chi connectivity index (χ1) is 12.0. The number of rotatable bonds is 8. The molecule has 7 nitrogen and oxygen atoms in total. The van der Waals surface area contributed by atoms with E-state index < -0.39 is 12.6 Å². The first-order valence-corrected chi connectivity index (χ1v) is 8.50. The van der Waals surface area contributed by atoms with Crippen LogP contribution >= 0.6 is 0 Å². The lowest BCUT2D eigenvalue weighted by molar-refractivity contribution is -0.139. The number of carboxylic acid groups (broad SMARTS) is 1. The maximum atomic E-state index is 12.4. The summed E-state index contributed by atoms with van der Waals surface area (Å²) in [5, 5.41) is 11.7. The average Bonchev–Trinajstić information content (AvgIpc) is 2.58. The fraction of sp³-hybridized carbons (Fsp3) is 0.556. The molecule has 0 saturated carbocycles. The maximum Gasteiger partial charge on any atom is 0.341 e. The van der Waals surface area contributed by atoms with E-state index in [4.69, 9.17) is 19.3 Å². The fourth-order valence-corrected chi connectivity index (χ4v) is 2.79. The highest BCUT2D eigenvalue weighted by molar-refractivity contribution is 5.94. The Morgan fingerprint density at radius 3 is 2.80 bits per heavy atom. The summed E-state index contributed by atoms with van der Waals surface area (Å²) in [6, 6.07) is 4.73. The molecule has 2 rings (SSSR count). The van der Waals surface area contributed by atoms with Gasteiger partial charge < -0.3 is 24.6 Å². The summed E-state index contributed by atoms with van der Waals surface area (Å²) in [4.78, 5) is 23.0. The minimum absolute atomic E-state index is 0.190. The third-order valence-electron chi connectivity index (χ3n) is 4.00. The van der Waals surface area contributed by atoms with Crippen LogP contribution in [-0.2, 0) is 9.53 Å². The van der Waals surface area contributed by atoms with Crippen LogP contribution in [0.4, 0.5) is 0 Å². The van der Waals surface area contributed by atoms with E-state index in [1.807, 2.05) is 6.92 Å². The first-order valence-electron chi connectivity index (χ1n) is 8.50. The normalized spacial score (nSPS) is 19.9. The second kappa shape index (κ2) is 9.27. The van der Waals surface area contributed by atoms with Crippen LogP contribution in [0.2, 0.25) is 0 Å². The predicted octanol–water partition coefficient (Wildman–Crippen LogP) is 2.09. The van der Waals surface area contributed by atoms with Crippen LogP contribution in [0.5, 0.6) is 11.5 Å². The SMILES string of the molecule is CCOc1cc(C(=O)NCC2CCOC(C)C2)ccc1OCC(=O)O. The molecular formula is C18H25NO6. The predicted molar refractivity (Wildman–Crippen MR) is 91.2 cm³/mol.